The number of rotatable bonds is 4. The van der Waals surface area contributed by atoms with Crippen LogP contribution in [0.25, 0.3) is 0 Å². The Morgan fingerprint density at radius 3 is 2.50 bits per heavy atom. The Labute approximate surface area is 132 Å². The average Bonchev–Trinajstić information content (AvgIpc) is 2.55. The van der Waals surface area contributed by atoms with E-state index in [0.29, 0.717) is 5.95 Å². The first-order valence-corrected chi connectivity index (χ1v) is 7.77. The lowest BCUT2D eigenvalue weighted by Crippen LogP contribution is -2.44. The van der Waals surface area contributed by atoms with Crippen molar-refractivity contribution in [1.82, 2.24) is 14.9 Å². The summed E-state index contributed by atoms with van der Waals surface area (Å²) in [6.07, 6.45) is 1.83. The number of nitrogens with one attached hydrogen (secondary N) is 1. The summed E-state index contributed by atoms with van der Waals surface area (Å²) in [5.74, 6) is 1.70. The molecule has 1 aliphatic rings. The molecule has 0 bridgehead atoms. The van der Waals surface area contributed by atoms with Crippen molar-refractivity contribution in [2.75, 3.05) is 43.4 Å². The highest BCUT2D eigenvalue weighted by molar-refractivity contribution is 5.43. The third kappa shape index (κ3) is 3.74. The van der Waals surface area contributed by atoms with Crippen LogP contribution in [0.4, 0.5) is 11.8 Å². The summed E-state index contributed by atoms with van der Waals surface area (Å²) < 4.78 is 0. The number of aromatic nitrogens is 2. The molecule has 5 nitrogen and oxygen atoms in total. The largest absolute Gasteiger partial charge is 0.354 e. The molecule has 1 aliphatic heterocycles. The van der Waals surface area contributed by atoms with Gasteiger partial charge in [0, 0.05) is 38.9 Å². The standard InChI is InChI=1S/C17H23N5/c1-14-3-5-15(6-4-14)13-19-17-18-8-7-16(20-17)22-11-9-21(2)10-12-22/h3-8H,9-13H2,1-2H3,(H,18,19,20). The average molecular weight is 297 g/mol. The monoisotopic (exact) mass is 297 g/mol. The molecule has 1 aromatic heterocycles. The van der Waals surface area contributed by atoms with Crippen LogP contribution < -0.4 is 10.2 Å². The lowest BCUT2D eigenvalue weighted by Gasteiger charge is -2.33. The van der Waals surface area contributed by atoms with Crippen LogP contribution in [0.3, 0.4) is 0 Å². The minimum atomic E-state index is 0.692. The summed E-state index contributed by atoms with van der Waals surface area (Å²) >= 11 is 0. The molecule has 3 rings (SSSR count). The topological polar surface area (TPSA) is 44.3 Å². The summed E-state index contributed by atoms with van der Waals surface area (Å²) in [7, 11) is 2.16. The van der Waals surface area contributed by atoms with Crippen LogP contribution in [0, 0.1) is 6.92 Å². The molecular weight excluding hydrogens is 274 g/mol. The van der Waals surface area contributed by atoms with Crippen molar-refractivity contribution in [3.05, 3.63) is 47.7 Å². The summed E-state index contributed by atoms with van der Waals surface area (Å²) in [6, 6.07) is 10.5. The van der Waals surface area contributed by atoms with Crippen LogP contribution >= 0.6 is 0 Å². The molecule has 0 aliphatic carbocycles. The number of piperazine rings is 1. The zero-order valence-electron chi connectivity index (χ0n) is 13.3. The molecule has 1 N–H and O–H groups in total. The van der Waals surface area contributed by atoms with E-state index in [1.165, 1.54) is 11.1 Å². The molecule has 0 unspecified atom stereocenters. The molecule has 1 aromatic carbocycles. The lowest BCUT2D eigenvalue weighted by atomic mass is 10.1. The number of nitrogens with zero attached hydrogens (tertiary/aromatic N) is 4. The summed E-state index contributed by atoms with van der Waals surface area (Å²) in [5.41, 5.74) is 2.51. The van der Waals surface area contributed by atoms with E-state index in [9.17, 15) is 0 Å². The Balaban J connectivity index is 1.62. The van der Waals surface area contributed by atoms with Gasteiger partial charge in [-0.2, -0.15) is 4.98 Å². The van der Waals surface area contributed by atoms with Crippen molar-refractivity contribution in [2.45, 2.75) is 13.5 Å². The number of hydrogen-bond donors (Lipinski definition) is 1. The van der Waals surface area contributed by atoms with Gasteiger partial charge in [-0.15, -0.1) is 0 Å². The van der Waals surface area contributed by atoms with Gasteiger partial charge in [-0.05, 0) is 25.6 Å². The van der Waals surface area contributed by atoms with E-state index < -0.39 is 0 Å². The minimum absolute atomic E-state index is 0.692. The molecule has 116 valence electrons. The van der Waals surface area contributed by atoms with Gasteiger partial charge in [0.1, 0.15) is 5.82 Å². The van der Waals surface area contributed by atoms with Gasteiger partial charge < -0.3 is 15.1 Å². The molecule has 0 amide bonds. The van der Waals surface area contributed by atoms with Gasteiger partial charge in [0.25, 0.3) is 0 Å². The van der Waals surface area contributed by atoms with Crippen molar-refractivity contribution < 1.29 is 0 Å². The Hall–Kier alpha value is -2.14. The van der Waals surface area contributed by atoms with E-state index in [2.05, 4.69) is 63.3 Å². The second kappa shape index (κ2) is 6.75. The first-order valence-electron chi connectivity index (χ1n) is 7.77. The zero-order chi connectivity index (χ0) is 15.4. The smallest absolute Gasteiger partial charge is 0.224 e. The van der Waals surface area contributed by atoms with E-state index in [4.69, 9.17) is 0 Å². The third-order valence-corrected chi connectivity index (χ3v) is 4.04. The molecule has 1 fully saturated rings. The number of hydrogen-bond acceptors (Lipinski definition) is 5. The van der Waals surface area contributed by atoms with Gasteiger partial charge in [0.2, 0.25) is 5.95 Å². The number of benzene rings is 1. The fourth-order valence-corrected chi connectivity index (χ4v) is 2.53. The predicted octanol–water partition coefficient (Wildman–Crippen LogP) is 2.15. The van der Waals surface area contributed by atoms with Crippen molar-refractivity contribution in [2.24, 2.45) is 0 Å². The van der Waals surface area contributed by atoms with Gasteiger partial charge in [0.15, 0.2) is 0 Å². The van der Waals surface area contributed by atoms with E-state index in [1.807, 2.05) is 12.3 Å². The van der Waals surface area contributed by atoms with Crippen LogP contribution in [0.15, 0.2) is 36.5 Å². The zero-order valence-corrected chi connectivity index (χ0v) is 13.3. The Morgan fingerprint density at radius 1 is 1.05 bits per heavy atom. The van der Waals surface area contributed by atoms with Gasteiger partial charge >= 0.3 is 0 Å². The Morgan fingerprint density at radius 2 is 1.77 bits per heavy atom. The Bertz CT molecular complexity index is 603. The van der Waals surface area contributed by atoms with Gasteiger partial charge in [-0.25, -0.2) is 4.98 Å². The van der Waals surface area contributed by atoms with E-state index >= 15 is 0 Å². The summed E-state index contributed by atoms with van der Waals surface area (Å²) in [5, 5.41) is 3.31. The molecule has 22 heavy (non-hydrogen) atoms. The highest BCUT2D eigenvalue weighted by Gasteiger charge is 2.15. The predicted molar refractivity (Wildman–Crippen MR) is 90.2 cm³/mol. The van der Waals surface area contributed by atoms with Gasteiger partial charge in [-0.3, -0.25) is 0 Å². The molecule has 0 spiro atoms. The van der Waals surface area contributed by atoms with Crippen LogP contribution in [0.1, 0.15) is 11.1 Å². The van der Waals surface area contributed by atoms with E-state index in [0.717, 1.165) is 38.5 Å². The molecular formula is C17H23N5. The molecule has 2 aromatic rings. The van der Waals surface area contributed by atoms with Crippen molar-refractivity contribution >= 4 is 11.8 Å². The number of anilines is 2. The maximum atomic E-state index is 4.64. The van der Waals surface area contributed by atoms with Gasteiger partial charge in [0.05, 0.1) is 0 Å². The summed E-state index contributed by atoms with van der Waals surface area (Å²) in [6.45, 7) is 7.04. The number of aryl methyl sites for hydroxylation is 1. The highest BCUT2D eigenvalue weighted by Crippen LogP contribution is 2.14. The fraction of sp³-hybridized carbons (Fsp3) is 0.412. The molecule has 5 heteroatoms. The van der Waals surface area contributed by atoms with Crippen LogP contribution in [0.5, 0.6) is 0 Å². The van der Waals surface area contributed by atoms with Crippen molar-refractivity contribution in [3.63, 3.8) is 0 Å². The normalized spacial score (nSPS) is 15.8. The Kier molecular flexibility index (Phi) is 4.53. The van der Waals surface area contributed by atoms with Crippen LogP contribution in [-0.2, 0) is 6.54 Å². The molecule has 0 radical (unpaired) electrons. The second-order valence-electron chi connectivity index (χ2n) is 5.87. The first-order chi connectivity index (χ1) is 10.7. The molecule has 0 atom stereocenters. The van der Waals surface area contributed by atoms with Crippen molar-refractivity contribution in [1.29, 1.82) is 0 Å². The van der Waals surface area contributed by atoms with E-state index in [-0.39, 0.29) is 0 Å². The SMILES string of the molecule is Cc1ccc(CNc2nccc(N3CCN(C)CC3)n2)cc1. The maximum absolute atomic E-state index is 4.64. The minimum Gasteiger partial charge on any atom is -0.354 e. The van der Waals surface area contributed by atoms with Crippen LogP contribution in [0.2, 0.25) is 0 Å². The quantitative estimate of drug-likeness (QED) is 0.937. The van der Waals surface area contributed by atoms with Crippen LogP contribution in [-0.4, -0.2) is 48.1 Å². The lowest BCUT2D eigenvalue weighted by molar-refractivity contribution is 0.312. The fourth-order valence-electron chi connectivity index (χ4n) is 2.53. The van der Waals surface area contributed by atoms with Crippen molar-refractivity contribution in [3.8, 4) is 0 Å². The number of likely N-dealkylation sites (N-methyl/N-ethyl adjacent to an activating group) is 1. The molecule has 2 heterocycles. The highest BCUT2D eigenvalue weighted by atomic mass is 15.3. The molecule has 0 saturated carbocycles. The first kappa shape index (κ1) is 14.8. The van der Waals surface area contributed by atoms with E-state index in [1.54, 1.807) is 0 Å². The van der Waals surface area contributed by atoms with Gasteiger partial charge in [-0.1, -0.05) is 29.8 Å². The maximum Gasteiger partial charge on any atom is 0.224 e. The third-order valence-electron chi connectivity index (χ3n) is 4.04. The second-order valence-corrected chi connectivity index (χ2v) is 5.87. The molecule has 1 saturated heterocycles. The summed E-state index contributed by atoms with van der Waals surface area (Å²) in [4.78, 5) is 13.6.